The highest BCUT2D eigenvalue weighted by molar-refractivity contribution is 5.57. The lowest BCUT2D eigenvalue weighted by molar-refractivity contribution is 1.14. The van der Waals surface area contributed by atoms with Crippen molar-refractivity contribution in [3.05, 3.63) is 39.8 Å². The van der Waals surface area contributed by atoms with Crippen molar-refractivity contribution in [1.29, 1.82) is 0 Å². The average molecular weight is 200 g/mol. The quantitative estimate of drug-likeness (QED) is 0.257. The van der Waals surface area contributed by atoms with Crippen molar-refractivity contribution in [1.82, 2.24) is 0 Å². The van der Waals surface area contributed by atoms with Crippen LogP contribution in [0.4, 0.5) is 5.69 Å². The van der Waals surface area contributed by atoms with E-state index >= 15 is 0 Å². The molecule has 0 aliphatic heterocycles. The van der Waals surface area contributed by atoms with Gasteiger partial charge in [0.15, 0.2) is 0 Å². The Morgan fingerprint density at radius 3 is 3.00 bits per heavy atom. The van der Waals surface area contributed by atoms with Crippen molar-refractivity contribution >= 4 is 5.69 Å². The van der Waals surface area contributed by atoms with E-state index in [1.165, 1.54) is 5.56 Å². The summed E-state index contributed by atoms with van der Waals surface area (Å²) >= 11 is 0. The van der Waals surface area contributed by atoms with Gasteiger partial charge in [-0.1, -0.05) is 29.9 Å². The number of hydrogen-bond donors (Lipinski definition) is 1. The van der Waals surface area contributed by atoms with Gasteiger partial charge in [-0.15, -0.1) is 0 Å². The number of nitrogens with zero attached hydrogens (tertiary/aromatic N) is 3. The third kappa shape index (κ3) is 3.26. The summed E-state index contributed by atoms with van der Waals surface area (Å²) in [6.45, 7) is 2.25. The first kappa shape index (κ1) is 11.0. The molecule has 0 aliphatic rings. The molecule has 1 aromatic rings. The van der Waals surface area contributed by atoms with Gasteiger partial charge in [0.2, 0.25) is 0 Å². The van der Waals surface area contributed by atoms with Crippen molar-refractivity contribution in [2.24, 2.45) is 5.11 Å². The monoisotopic (exact) mass is 200 g/mol. The molecule has 15 heavy (non-hydrogen) atoms. The van der Waals surface area contributed by atoms with E-state index in [0.29, 0.717) is 5.69 Å². The van der Waals surface area contributed by atoms with Crippen molar-refractivity contribution in [3.63, 3.8) is 0 Å². The fourth-order valence-corrected chi connectivity index (χ4v) is 1.13. The number of anilines is 1. The van der Waals surface area contributed by atoms with Gasteiger partial charge in [-0.2, -0.15) is 0 Å². The summed E-state index contributed by atoms with van der Waals surface area (Å²) in [5, 5.41) is 3.33. The molecule has 2 N–H and O–H groups in total. The Morgan fingerprint density at radius 1 is 1.53 bits per heavy atom. The number of nitrogens with two attached hydrogens (primary N) is 1. The van der Waals surface area contributed by atoms with E-state index in [-0.39, 0.29) is 6.54 Å². The van der Waals surface area contributed by atoms with Gasteiger partial charge in [-0.05, 0) is 29.6 Å². The predicted octanol–water partition coefficient (Wildman–Crippen LogP) is 2.49. The van der Waals surface area contributed by atoms with Crippen LogP contribution in [0.15, 0.2) is 23.3 Å². The largest absolute Gasteiger partial charge is 0.398 e. The highest BCUT2D eigenvalue weighted by atomic mass is 15.1. The van der Waals surface area contributed by atoms with Crippen LogP contribution in [-0.4, -0.2) is 6.54 Å². The lowest BCUT2D eigenvalue weighted by atomic mass is 10.1. The second kappa shape index (κ2) is 5.58. The second-order valence-corrected chi connectivity index (χ2v) is 2.97. The van der Waals surface area contributed by atoms with Crippen molar-refractivity contribution in [2.75, 3.05) is 12.3 Å². The maximum Gasteiger partial charge on any atom is 0.0880 e. The Hall–Kier alpha value is -2.11. The lowest BCUT2D eigenvalue weighted by Crippen LogP contribution is -1.92. The van der Waals surface area contributed by atoms with Crippen molar-refractivity contribution in [2.45, 2.75) is 13.3 Å². The van der Waals surface area contributed by atoms with Crippen molar-refractivity contribution < 1.29 is 0 Å². The normalized spacial score (nSPS) is 8.60. The second-order valence-electron chi connectivity index (χ2n) is 2.97. The zero-order valence-corrected chi connectivity index (χ0v) is 8.57. The number of nitrogen functional groups attached to an aromatic ring is 1. The number of aryl methyl sites for hydroxylation is 1. The van der Waals surface area contributed by atoms with Crippen LogP contribution in [0.2, 0.25) is 0 Å². The summed E-state index contributed by atoms with van der Waals surface area (Å²) < 4.78 is 0. The fourth-order valence-electron chi connectivity index (χ4n) is 1.13. The molecule has 0 atom stereocenters. The van der Waals surface area contributed by atoms with Crippen LogP contribution < -0.4 is 5.73 Å². The van der Waals surface area contributed by atoms with Crippen LogP contribution in [0.5, 0.6) is 0 Å². The molecular formula is C11H12N4. The fraction of sp³-hybridized carbons (Fsp3) is 0.273. The molecule has 0 heterocycles. The van der Waals surface area contributed by atoms with Crippen molar-refractivity contribution in [3.8, 4) is 11.8 Å². The molecule has 0 bridgehead atoms. The molecule has 0 saturated carbocycles. The average Bonchev–Trinajstić information content (AvgIpc) is 2.26. The van der Waals surface area contributed by atoms with Gasteiger partial charge in [0, 0.05) is 16.2 Å². The Morgan fingerprint density at radius 2 is 2.33 bits per heavy atom. The lowest BCUT2D eigenvalue weighted by Gasteiger charge is -2.00. The zero-order valence-electron chi connectivity index (χ0n) is 8.57. The molecular weight excluding hydrogens is 188 g/mol. The smallest absolute Gasteiger partial charge is 0.0880 e. The first-order chi connectivity index (χ1) is 7.27. The minimum absolute atomic E-state index is 0.173. The summed E-state index contributed by atoms with van der Waals surface area (Å²) in [6, 6.07) is 5.78. The number of hydrogen-bond acceptors (Lipinski definition) is 2. The van der Waals surface area contributed by atoms with Gasteiger partial charge in [-0.3, -0.25) is 0 Å². The highest BCUT2D eigenvalue weighted by Crippen LogP contribution is 2.13. The van der Waals surface area contributed by atoms with E-state index in [2.05, 4.69) is 28.8 Å². The van der Waals surface area contributed by atoms with Crippen LogP contribution in [0.25, 0.3) is 10.4 Å². The van der Waals surface area contributed by atoms with Gasteiger partial charge < -0.3 is 5.73 Å². The summed E-state index contributed by atoms with van der Waals surface area (Å²) in [4.78, 5) is 2.61. The maximum atomic E-state index is 8.07. The van der Waals surface area contributed by atoms with Gasteiger partial charge in [-0.25, -0.2) is 0 Å². The molecule has 0 aliphatic carbocycles. The molecule has 76 valence electrons. The van der Waals surface area contributed by atoms with Gasteiger partial charge in [0.25, 0.3) is 0 Å². The molecule has 0 spiro atoms. The van der Waals surface area contributed by atoms with Gasteiger partial charge in [0.1, 0.15) is 0 Å². The Bertz CT molecular complexity index is 447. The first-order valence-electron chi connectivity index (χ1n) is 4.66. The van der Waals surface area contributed by atoms with Gasteiger partial charge >= 0.3 is 0 Å². The van der Waals surface area contributed by atoms with Crippen LogP contribution in [0, 0.1) is 11.8 Å². The summed E-state index contributed by atoms with van der Waals surface area (Å²) in [7, 11) is 0. The number of rotatable bonds is 2. The third-order valence-corrected chi connectivity index (χ3v) is 1.96. The first-order valence-corrected chi connectivity index (χ1v) is 4.66. The molecule has 1 aromatic carbocycles. The van der Waals surface area contributed by atoms with Crippen LogP contribution in [0.1, 0.15) is 18.1 Å². The summed E-state index contributed by atoms with van der Waals surface area (Å²) in [5.74, 6) is 5.63. The van der Waals surface area contributed by atoms with E-state index in [9.17, 15) is 0 Å². The predicted molar refractivity (Wildman–Crippen MR) is 61.1 cm³/mol. The summed E-state index contributed by atoms with van der Waals surface area (Å²) in [6.07, 6.45) is 0.950. The number of azide groups is 1. The van der Waals surface area contributed by atoms with E-state index in [1.807, 2.05) is 18.2 Å². The Balaban J connectivity index is 2.90. The topological polar surface area (TPSA) is 74.8 Å². The zero-order chi connectivity index (χ0) is 11.1. The minimum Gasteiger partial charge on any atom is -0.398 e. The van der Waals surface area contributed by atoms with E-state index < -0.39 is 0 Å². The van der Waals surface area contributed by atoms with Gasteiger partial charge in [0.05, 0.1) is 6.54 Å². The Kier molecular flexibility index (Phi) is 4.08. The molecule has 0 amide bonds. The molecule has 0 aromatic heterocycles. The molecule has 0 unspecified atom stereocenters. The Labute approximate surface area is 88.7 Å². The van der Waals surface area contributed by atoms with Crippen LogP contribution in [0.3, 0.4) is 0 Å². The molecule has 0 fully saturated rings. The molecule has 4 heteroatoms. The standard InChI is InChI=1S/C11H12N4/c1-2-9-5-6-11(12)10(8-9)4-3-7-14-15-13/h5-6,8H,2,7,12H2,1H3. The molecule has 0 radical (unpaired) electrons. The van der Waals surface area contributed by atoms with E-state index in [1.54, 1.807) is 0 Å². The van der Waals surface area contributed by atoms with E-state index in [4.69, 9.17) is 11.3 Å². The minimum atomic E-state index is 0.173. The summed E-state index contributed by atoms with van der Waals surface area (Å²) in [5.41, 5.74) is 16.5. The number of benzene rings is 1. The molecule has 4 nitrogen and oxygen atoms in total. The SMILES string of the molecule is CCc1ccc(N)c(C#CCN=[N+]=[N-])c1. The highest BCUT2D eigenvalue weighted by Gasteiger charge is 1.96. The molecule has 1 rings (SSSR count). The maximum absolute atomic E-state index is 8.07. The third-order valence-electron chi connectivity index (χ3n) is 1.96. The van der Waals surface area contributed by atoms with Crippen LogP contribution in [-0.2, 0) is 6.42 Å². The van der Waals surface area contributed by atoms with Crippen LogP contribution >= 0.6 is 0 Å². The molecule has 0 saturated heterocycles. The van der Waals surface area contributed by atoms with E-state index in [0.717, 1.165) is 12.0 Å².